The minimum atomic E-state index is -2.34. The van der Waals surface area contributed by atoms with Crippen molar-refractivity contribution >= 4 is 35.0 Å². The molecule has 0 saturated heterocycles. The SMILES string of the molecule is COc1cccc(/C=C2\C(=O)N(c3c(F)c(F)c(F)c(F)c3F)N=C2C)c1OCc1ccccc1Cl. The van der Waals surface area contributed by atoms with Crippen LogP contribution >= 0.6 is 11.6 Å². The van der Waals surface area contributed by atoms with E-state index in [9.17, 15) is 26.7 Å². The third-order valence-corrected chi connectivity index (χ3v) is 5.69. The monoisotopic (exact) mass is 522 g/mol. The molecule has 1 aliphatic heterocycles. The smallest absolute Gasteiger partial charge is 0.280 e. The fourth-order valence-corrected chi connectivity index (χ4v) is 3.69. The van der Waals surface area contributed by atoms with Gasteiger partial charge in [0.15, 0.2) is 34.8 Å². The molecule has 0 atom stereocenters. The second-order valence-electron chi connectivity index (χ2n) is 7.54. The Morgan fingerprint density at radius 3 is 2.22 bits per heavy atom. The van der Waals surface area contributed by atoms with Gasteiger partial charge in [-0.25, -0.2) is 22.0 Å². The van der Waals surface area contributed by atoms with Crippen LogP contribution in [0.4, 0.5) is 27.6 Å². The van der Waals surface area contributed by atoms with Gasteiger partial charge in [0.1, 0.15) is 12.3 Å². The Kier molecular flexibility index (Phi) is 6.98. The molecule has 0 fully saturated rings. The van der Waals surface area contributed by atoms with Crippen molar-refractivity contribution in [2.75, 3.05) is 12.1 Å². The number of hydrazone groups is 1. The zero-order chi connectivity index (χ0) is 26.1. The molecular formula is C25H16ClF5N2O3. The van der Waals surface area contributed by atoms with Crippen molar-refractivity contribution in [3.05, 3.63) is 93.3 Å². The number of hydrogen-bond acceptors (Lipinski definition) is 4. The first-order valence-corrected chi connectivity index (χ1v) is 10.7. The first-order chi connectivity index (χ1) is 17.1. The van der Waals surface area contributed by atoms with Crippen LogP contribution in [0.25, 0.3) is 6.08 Å². The highest BCUT2D eigenvalue weighted by Gasteiger charge is 2.37. The molecule has 3 aromatic carbocycles. The van der Waals surface area contributed by atoms with Crippen LogP contribution in [0.5, 0.6) is 11.5 Å². The van der Waals surface area contributed by atoms with E-state index in [2.05, 4.69) is 5.10 Å². The zero-order valence-corrected chi connectivity index (χ0v) is 19.5. The topological polar surface area (TPSA) is 51.1 Å². The molecule has 11 heteroatoms. The summed E-state index contributed by atoms with van der Waals surface area (Å²) in [6.45, 7) is 1.40. The average Bonchev–Trinajstić information content (AvgIpc) is 3.14. The predicted octanol–water partition coefficient (Wildman–Crippen LogP) is 6.43. The largest absolute Gasteiger partial charge is 0.493 e. The molecule has 0 aliphatic carbocycles. The second kappa shape index (κ2) is 9.98. The van der Waals surface area contributed by atoms with Gasteiger partial charge in [-0.15, -0.1) is 0 Å². The van der Waals surface area contributed by atoms with E-state index in [4.69, 9.17) is 21.1 Å². The Balaban J connectivity index is 1.73. The predicted molar refractivity (Wildman–Crippen MR) is 124 cm³/mol. The number of nitrogens with zero attached hydrogens (tertiary/aromatic N) is 2. The standard InChI is InChI=1S/C25H16ClF5N2O3/c1-12-15(25(34)33(32-12)23-21(30)19(28)18(27)20(29)22(23)31)10-13-7-5-9-17(35-2)24(13)36-11-14-6-3-4-8-16(14)26/h3-10H,11H2,1-2H3/b15-10-. The van der Waals surface area contributed by atoms with Crippen molar-refractivity contribution in [3.63, 3.8) is 0 Å². The molecule has 1 aliphatic rings. The number of benzene rings is 3. The number of rotatable bonds is 6. The van der Waals surface area contributed by atoms with Gasteiger partial charge in [-0.2, -0.15) is 10.1 Å². The quantitative estimate of drug-likeness (QED) is 0.162. The lowest BCUT2D eigenvalue weighted by molar-refractivity contribution is -0.114. The van der Waals surface area contributed by atoms with Gasteiger partial charge in [-0.05, 0) is 25.1 Å². The number of halogens is 6. The van der Waals surface area contributed by atoms with Gasteiger partial charge in [0.25, 0.3) is 5.91 Å². The number of methoxy groups -OCH3 is 1. The number of anilines is 1. The van der Waals surface area contributed by atoms with Gasteiger partial charge >= 0.3 is 0 Å². The van der Waals surface area contributed by atoms with Crippen molar-refractivity contribution in [3.8, 4) is 11.5 Å². The Labute approximate surface area is 207 Å². The minimum absolute atomic E-state index is 0.0242. The zero-order valence-electron chi connectivity index (χ0n) is 18.7. The molecule has 186 valence electrons. The summed E-state index contributed by atoms with van der Waals surface area (Å²) >= 11 is 6.18. The van der Waals surface area contributed by atoms with E-state index < -0.39 is 40.7 Å². The van der Waals surface area contributed by atoms with Crippen LogP contribution in [0.2, 0.25) is 5.02 Å². The van der Waals surface area contributed by atoms with Crippen LogP contribution in [0, 0.1) is 29.1 Å². The molecule has 3 aromatic rings. The highest BCUT2D eigenvalue weighted by Crippen LogP contribution is 2.37. The number of para-hydroxylation sites is 1. The number of ether oxygens (including phenoxy) is 2. The molecule has 0 radical (unpaired) electrons. The van der Waals surface area contributed by atoms with Gasteiger partial charge in [0.05, 0.1) is 18.4 Å². The molecule has 0 saturated carbocycles. The second-order valence-corrected chi connectivity index (χ2v) is 7.94. The van der Waals surface area contributed by atoms with E-state index in [1.165, 1.54) is 20.1 Å². The molecule has 0 spiro atoms. The van der Waals surface area contributed by atoms with Crippen LogP contribution in [0.1, 0.15) is 18.1 Å². The van der Waals surface area contributed by atoms with Crippen LogP contribution in [-0.4, -0.2) is 18.7 Å². The number of carbonyl (C=O) groups is 1. The van der Waals surface area contributed by atoms with Crippen molar-refractivity contribution in [2.45, 2.75) is 13.5 Å². The lowest BCUT2D eigenvalue weighted by Crippen LogP contribution is -2.25. The Hall–Kier alpha value is -3.92. The van der Waals surface area contributed by atoms with Gasteiger partial charge in [-0.3, -0.25) is 4.79 Å². The normalized spacial score (nSPS) is 14.4. The Morgan fingerprint density at radius 1 is 0.944 bits per heavy atom. The maximum atomic E-state index is 14.3. The number of carbonyl (C=O) groups excluding carboxylic acids is 1. The fraction of sp³-hybridized carbons (Fsp3) is 0.120. The van der Waals surface area contributed by atoms with E-state index in [-0.39, 0.29) is 28.7 Å². The van der Waals surface area contributed by atoms with Crippen LogP contribution in [-0.2, 0) is 11.4 Å². The van der Waals surface area contributed by atoms with Gasteiger partial charge < -0.3 is 9.47 Å². The lowest BCUT2D eigenvalue weighted by atomic mass is 10.1. The average molecular weight is 523 g/mol. The van der Waals surface area contributed by atoms with Gasteiger partial charge in [0, 0.05) is 16.1 Å². The third-order valence-electron chi connectivity index (χ3n) is 5.32. The van der Waals surface area contributed by atoms with E-state index in [1.54, 1.807) is 42.5 Å². The van der Waals surface area contributed by atoms with Crippen molar-refractivity contribution < 1.29 is 36.2 Å². The number of hydrogen-bond donors (Lipinski definition) is 0. The molecule has 1 heterocycles. The molecule has 0 unspecified atom stereocenters. The summed E-state index contributed by atoms with van der Waals surface area (Å²) in [5, 5.41) is 4.35. The summed E-state index contributed by atoms with van der Waals surface area (Å²) in [6.07, 6.45) is 1.32. The summed E-state index contributed by atoms with van der Waals surface area (Å²) in [6, 6.07) is 11.8. The molecule has 0 bridgehead atoms. The summed E-state index contributed by atoms with van der Waals surface area (Å²) in [4.78, 5) is 13.0. The first kappa shape index (κ1) is 25.2. The van der Waals surface area contributed by atoms with Crippen LogP contribution in [0.3, 0.4) is 0 Å². The fourth-order valence-electron chi connectivity index (χ4n) is 3.50. The summed E-state index contributed by atoms with van der Waals surface area (Å²) in [5.74, 6) is -11.6. The van der Waals surface area contributed by atoms with E-state index >= 15 is 0 Å². The van der Waals surface area contributed by atoms with Crippen LogP contribution in [0.15, 0.2) is 53.1 Å². The minimum Gasteiger partial charge on any atom is -0.493 e. The highest BCUT2D eigenvalue weighted by molar-refractivity contribution is 6.32. The third kappa shape index (κ3) is 4.39. The van der Waals surface area contributed by atoms with E-state index in [0.29, 0.717) is 21.9 Å². The summed E-state index contributed by atoms with van der Waals surface area (Å²) < 4.78 is 80.8. The van der Waals surface area contributed by atoms with Gasteiger partial charge in [-0.1, -0.05) is 41.9 Å². The molecule has 0 aromatic heterocycles. The maximum absolute atomic E-state index is 14.3. The molecule has 5 nitrogen and oxygen atoms in total. The Bertz CT molecular complexity index is 1410. The van der Waals surface area contributed by atoms with E-state index in [0.717, 1.165) is 0 Å². The summed E-state index contributed by atoms with van der Waals surface area (Å²) in [5.41, 5.74) is -0.645. The molecule has 36 heavy (non-hydrogen) atoms. The molecule has 4 rings (SSSR count). The highest BCUT2D eigenvalue weighted by atomic mass is 35.5. The van der Waals surface area contributed by atoms with Crippen molar-refractivity contribution in [2.24, 2.45) is 5.10 Å². The molecule has 0 N–H and O–H groups in total. The van der Waals surface area contributed by atoms with Crippen molar-refractivity contribution in [1.29, 1.82) is 0 Å². The van der Waals surface area contributed by atoms with Gasteiger partial charge in [0.2, 0.25) is 5.82 Å². The molecular weight excluding hydrogens is 507 g/mol. The van der Waals surface area contributed by atoms with E-state index in [1.807, 2.05) is 0 Å². The first-order valence-electron chi connectivity index (χ1n) is 10.3. The number of amides is 1. The maximum Gasteiger partial charge on any atom is 0.280 e. The van der Waals surface area contributed by atoms with Crippen LogP contribution < -0.4 is 14.5 Å². The van der Waals surface area contributed by atoms with Crippen molar-refractivity contribution in [1.82, 2.24) is 0 Å². The summed E-state index contributed by atoms with van der Waals surface area (Å²) in [7, 11) is 1.41. The molecule has 1 amide bonds. The Morgan fingerprint density at radius 2 is 1.58 bits per heavy atom. The lowest BCUT2D eigenvalue weighted by Gasteiger charge is -2.16.